The van der Waals surface area contributed by atoms with Gasteiger partial charge >= 0.3 is 0 Å². The van der Waals surface area contributed by atoms with Crippen LogP contribution in [0.15, 0.2) is 90.3 Å². The lowest BCUT2D eigenvalue weighted by atomic mass is 9.95. The highest BCUT2D eigenvalue weighted by molar-refractivity contribution is 6.31. The number of anilines is 2. The molecule has 32 heavy (non-hydrogen) atoms. The molecule has 1 atom stereocenters. The van der Waals surface area contributed by atoms with Gasteiger partial charge in [-0.05, 0) is 25.1 Å². The number of fused-ring (bicyclic) bond motifs is 1. The largest absolute Gasteiger partial charge is 0.328 e. The molecule has 0 saturated heterocycles. The topological polar surface area (TPSA) is 84.7 Å². The van der Waals surface area contributed by atoms with Gasteiger partial charge in [0.2, 0.25) is 5.95 Å². The smallest absolute Gasteiger partial charge is 0.257 e. The Morgan fingerprint density at radius 1 is 1.03 bits per heavy atom. The maximum Gasteiger partial charge on any atom is 0.257 e. The third-order valence-corrected chi connectivity index (χ3v) is 5.58. The molecule has 0 radical (unpaired) electrons. The van der Waals surface area contributed by atoms with Crippen molar-refractivity contribution in [2.75, 3.05) is 10.6 Å². The Morgan fingerprint density at radius 3 is 2.53 bits per heavy atom. The molecule has 0 aliphatic carbocycles. The van der Waals surface area contributed by atoms with Gasteiger partial charge in [0.25, 0.3) is 5.91 Å². The summed E-state index contributed by atoms with van der Waals surface area (Å²) in [7, 11) is 0. The second-order valence-electron chi connectivity index (χ2n) is 7.33. The maximum atomic E-state index is 13.4. The van der Waals surface area contributed by atoms with Crippen LogP contribution in [0, 0.1) is 0 Å². The normalized spacial score (nSPS) is 15.1. The lowest BCUT2D eigenvalue weighted by molar-refractivity contribution is -0.113. The molecule has 2 N–H and O–H groups in total. The molecule has 1 aliphatic heterocycles. The third-order valence-electron chi connectivity index (χ3n) is 5.24. The van der Waals surface area contributed by atoms with Crippen molar-refractivity contribution in [3.05, 3.63) is 101 Å². The summed E-state index contributed by atoms with van der Waals surface area (Å²) < 4.78 is 1.71. The molecule has 1 amide bonds. The molecule has 4 aromatic rings. The highest BCUT2D eigenvalue weighted by atomic mass is 35.5. The van der Waals surface area contributed by atoms with Gasteiger partial charge in [0.05, 0.1) is 5.57 Å². The van der Waals surface area contributed by atoms with Gasteiger partial charge in [0.1, 0.15) is 11.9 Å². The van der Waals surface area contributed by atoms with Crippen LogP contribution < -0.4 is 10.6 Å². The van der Waals surface area contributed by atoms with Crippen LogP contribution in [0.3, 0.4) is 0 Å². The van der Waals surface area contributed by atoms with Crippen LogP contribution >= 0.6 is 11.6 Å². The zero-order chi connectivity index (χ0) is 22.1. The molecule has 0 spiro atoms. The van der Waals surface area contributed by atoms with E-state index < -0.39 is 6.04 Å². The number of hydrogen-bond donors (Lipinski definition) is 2. The average molecular weight is 443 g/mol. The monoisotopic (exact) mass is 442 g/mol. The molecular weight excluding hydrogens is 424 g/mol. The number of carbonyl (C=O) groups excluding carboxylic acids is 1. The van der Waals surface area contributed by atoms with E-state index in [4.69, 9.17) is 16.7 Å². The Labute approximate surface area is 189 Å². The summed E-state index contributed by atoms with van der Waals surface area (Å²) in [6, 6.07) is 21.9. The Balaban J connectivity index is 1.63. The van der Waals surface area contributed by atoms with Gasteiger partial charge in [-0.15, -0.1) is 5.10 Å². The van der Waals surface area contributed by atoms with E-state index >= 15 is 0 Å². The van der Waals surface area contributed by atoms with Crippen LogP contribution in [0.1, 0.15) is 18.5 Å². The number of rotatable bonds is 4. The molecule has 0 bridgehead atoms. The number of amides is 1. The fourth-order valence-electron chi connectivity index (χ4n) is 3.76. The van der Waals surface area contributed by atoms with Gasteiger partial charge < -0.3 is 10.6 Å². The summed E-state index contributed by atoms with van der Waals surface area (Å²) in [5.74, 6) is 1.27. The lowest BCUT2D eigenvalue weighted by Crippen LogP contribution is -2.31. The summed E-state index contributed by atoms with van der Waals surface area (Å²) >= 11 is 6.58. The first-order valence-electron chi connectivity index (χ1n) is 10.1. The van der Waals surface area contributed by atoms with Crippen molar-refractivity contribution in [1.29, 1.82) is 0 Å². The molecule has 8 heteroatoms. The minimum atomic E-state index is -0.561. The average Bonchev–Trinajstić information content (AvgIpc) is 3.23. The van der Waals surface area contributed by atoms with Crippen LogP contribution in [0.4, 0.5) is 11.8 Å². The highest BCUT2D eigenvalue weighted by Crippen LogP contribution is 2.39. The fourth-order valence-corrected chi connectivity index (χ4v) is 4.00. The van der Waals surface area contributed by atoms with Crippen LogP contribution in [-0.4, -0.2) is 25.7 Å². The molecule has 0 saturated carbocycles. The van der Waals surface area contributed by atoms with E-state index in [1.54, 1.807) is 29.1 Å². The summed E-state index contributed by atoms with van der Waals surface area (Å²) in [5, 5.41) is 11.4. The number of halogens is 1. The van der Waals surface area contributed by atoms with Crippen molar-refractivity contribution >= 4 is 29.3 Å². The van der Waals surface area contributed by atoms with Crippen LogP contribution in [0.5, 0.6) is 0 Å². The van der Waals surface area contributed by atoms with Gasteiger partial charge in [0, 0.05) is 28.0 Å². The van der Waals surface area contributed by atoms with Gasteiger partial charge in [-0.25, -0.2) is 9.67 Å². The van der Waals surface area contributed by atoms with Crippen molar-refractivity contribution in [1.82, 2.24) is 19.7 Å². The predicted molar refractivity (Wildman–Crippen MR) is 124 cm³/mol. The van der Waals surface area contributed by atoms with Gasteiger partial charge in [-0.3, -0.25) is 4.79 Å². The fraction of sp³-hybridized carbons (Fsp3) is 0.0833. The van der Waals surface area contributed by atoms with Crippen molar-refractivity contribution in [3.8, 4) is 11.4 Å². The number of aromatic nitrogens is 4. The Hall–Kier alpha value is -3.97. The van der Waals surface area contributed by atoms with E-state index in [1.807, 2.05) is 61.5 Å². The number of hydrogen-bond acceptors (Lipinski definition) is 5. The molecule has 0 fully saturated rings. The summed E-state index contributed by atoms with van der Waals surface area (Å²) in [5.41, 5.74) is 2.79. The van der Waals surface area contributed by atoms with E-state index in [9.17, 15) is 4.79 Å². The SMILES string of the molecule is CC1=C(C(=O)Nc2ccccn2)C(c2ccccc2Cl)n2nc(-c3ccccc3)nc2N1. The summed E-state index contributed by atoms with van der Waals surface area (Å²) in [6.45, 7) is 1.84. The van der Waals surface area contributed by atoms with Crippen molar-refractivity contribution in [2.24, 2.45) is 0 Å². The highest BCUT2D eigenvalue weighted by Gasteiger charge is 2.35. The second kappa shape index (κ2) is 8.28. The van der Waals surface area contributed by atoms with Gasteiger partial charge in [-0.2, -0.15) is 4.98 Å². The van der Waals surface area contributed by atoms with E-state index in [2.05, 4.69) is 20.6 Å². The lowest BCUT2D eigenvalue weighted by Gasteiger charge is -2.29. The van der Waals surface area contributed by atoms with Crippen LogP contribution in [0.25, 0.3) is 11.4 Å². The number of benzene rings is 2. The molecular formula is C24H19ClN6O. The molecule has 1 unspecified atom stereocenters. The standard InChI is InChI=1S/C24H19ClN6O/c1-15-20(23(32)28-19-13-7-8-14-26-19)21(17-11-5-6-12-18(17)25)31-24(27-15)29-22(30-31)16-9-3-2-4-10-16/h2-14,21H,1H3,(H,26,28,32)(H,27,29,30). The van der Waals surface area contributed by atoms with Crippen molar-refractivity contribution in [2.45, 2.75) is 13.0 Å². The molecule has 7 nitrogen and oxygen atoms in total. The van der Waals surface area contributed by atoms with E-state index in [-0.39, 0.29) is 5.91 Å². The molecule has 1 aliphatic rings. The molecule has 5 rings (SSSR count). The molecule has 2 aromatic carbocycles. The van der Waals surface area contributed by atoms with Crippen LogP contribution in [0.2, 0.25) is 5.02 Å². The van der Waals surface area contributed by atoms with E-state index in [0.29, 0.717) is 33.9 Å². The zero-order valence-corrected chi connectivity index (χ0v) is 17.9. The van der Waals surface area contributed by atoms with Gasteiger partial charge in [0.15, 0.2) is 5.82 Å². The predicted octanol–water partition coefficient (Wildman–Crippen LogP) is 4.92. The maximum absolute atomic E-state index is 13.4. The number of carbonyl (C=O) groups is 1. The summed E-state index contributed by atoms with van der Waals surface area (Å²) in [6.07, 6.45) is 1.63. The Kier molecular flexibility index (Phi) is 5.17. The minimum absolute atomic E-state index is 0.291. The van der Waals surface area contributed by atoms with Crippen LogP contribution in [-0.2, 0) is 4.79 Å². The minimum Gasteiger partial charge on any atom is -0.328 e. The zero-order valence-electron chi connectivity index (χ0n) is 17.2. The number of nitrogens with zero attached hydrogens (tertiary/aromatic N) is 4. The Bertz CT molecular complexity index is 1320. The first-order chi connectivity index (χ1) is 15.6. The van der Waals surface area contributed by atoms with E-state index in [1.165, 1.54) is 0 Å². The van der Waals surface area contributed by atoms with Gasteiger partial charge in [-0.1, -0.05) is 66.2 Å². The third kappa shape index (κ3) is 3.63. The number of allylic oxidation sites excluding steroid dienone is 1. The first kappa shape index (κ1) is 20.0. The second-order valence-corrected chi connectivity index (χ2v) is 7.73. The summed E-state index contributed by atoms with van der Waals surface area (Å²) in [4.78, 5) is 22.3. The quantitative estimate of drug-likeness (QED) is 0.468. The molecule has 3 heterocycles. The first-order valence-corrected chi connectivity index (χ1v) is 10.5. The van der Waals surface area contributed by atoms with Crippen molar-refractivity contribution in [3.63, 3.8) is 0 Å². The van der Waals surface area contributed by atoms with E-state index in [0.717, 1.165) is 11.1 Å². The number of nitrogens with one attached hydrogen (secondary N) is 2. The van der Waals surface area contributed by atoms with Crippen molar-refractivity contribution < 1.29 is 4.79 Å². The number of pyridine rings is 1. The molecule has 158 valence electrons. The Morgan fingerprint density at radius 2 is 1.78 bits per heavy atom. The molecule has 2 aromatic heterocycles.